The third-order valence-corrected chi connectivity index (χ3v) is 9.04. The number of carbonyl (C=O) groups excluding carboxylic acids is 1. The standard InChI is InChI=1S/C32H41N3O7S/c1-22-18-35(23(2)21-36)32(37)17-25-16-26(33-43(38,39)29-13-11-28(41-5)12-14-29)8-15-30(25)42-31(22)20-34(3)19-24-6-9-27(40-4)10-7-24/h6-16,22-23,31,33,36H,17-21H2,1-5H3/t22-,23-,31+/m1/s1. The number of amides is 1. The van der Waals surface area contributed by atoms with Crippen molar-refractivity contribution < 1.29 is 32.5 Å². The van der Waals surface area contributed by atoms with Gasteiger partial charge in [-0.2, -0.15) is 0 Å². The smallest absolute Gasteiger partial charge is 0.261 e. The molecule has 10 nitrogen and oxygen atoms in total. The van der Waals surface area contributed by atoms with Crippen LogP contribution in [0.1, 0.15) is 25.0 Å². The van der Waals surface area contributed by atoms with E-state index in [0.717, 1.165) is 11.3 Å². The first-order valence-corrected chi connectivity index (χ1v) is 15.7. The molecule has 4 rings (SSSR count). The SMILES string of the molecule is COc1ccc(CN(C)C[C@@H]2Oc3ccc(NS(=O)(=O)c4ccc(OC)cc4)cc3CC(=O)N([C@H](C)CO)C[C@H]2C)cc1. The molecule has 232 valence electrons. The third-order valence-electron chi connectivity index (χ3n) is 7.64. The maximum Gasteiger partial charge on any atom is 0.261 e. The van der Waals surface area contributed by atoms with Crippen LogP contribution in [-0.4, -0.2) is 82.3 Å². The van der Waals surface area contributed by atoms with Gasteiger partial charge in [0.15, 0.2) is 0 Å². The Labute approximate surface area is 254 Å². The van der Waals surface area contributed by atoms with Gasteiger partial charge in [0.25, 0.3) is 10.0 Å². The highest BCUT2D eigenvalue weighted by atomic mass is 32.2. The van der Waals surface area contributed by atoms with E-state index in [2.05, 4.69) is 9.62 Å². The maximum absolute atomic E-state index is 13.5. The largest absolute Gasteiger partial charge is 0.497 e. The minimum atomic E-state index is -3.89. The minimum Gasteiger partial charge on any atom is -0.497 e. The number of aliphatic hydroxyl groups is 1. The summed E-state index contributed by atoms with van der Waals surface area (Å²) in [6, 6.07) is 18.6. The molecule has 0 unspecified atom stereocenters. The molecule has 3 aromatic rings. The second-order valence-electron chi connectivity index (χ2n) is 11.0. The highest BCUT2D eigenvalue weighted by Crippen LogP contribution is 2.30. The van der Waals surface area contributed by atoms with Crippen LogP contribution in [0.4, 0.5) is 5.69 Å². The normalized spacial score (nSPS) is 18.1. The zero-order valence-corrected chi connectivity index (χ0v) is 26.1. The molecule has 2 N–H and O–H groups in total. The monoisotopic (exact) mass is 611 g/mol. The Bertz CT molecular complexity index is 1480. The van der Waals surface area contributed by atoms with Gasteiger partial charge in [0.05, 0.1) is 38.2 Å². The van der Waals surface area contributed by atoms with Gasteiger partial charge in [-0.1, -0.05) is 19.1 Å². The van der Waals surface area contributed by atoms with Gasteiger partial charge in [0, 0.05) is 36.8 Å². The number of aliphatic hydroxyl groups excluding tert-OH is 1. The number of ether oxygens (including phenoxy) is 3. The molecule has 11 heteroatoms. The number of likely N-dealkylation sites (N-methyl/N-ethyl adjacent to an activating group) is 1. The van der Waals surface area contributed by atoms with Crippen molar-refractivity contribution in [3.8, 4) is 17.2 Å². The molecule has 43 heavy (non-hydrogen) atoms. The van der Waals surface area contributed by atoms with Crippen LogP contribution in [0, 0.1) is 5.92 Å². The summed E-state index contributed by atoms with van der Waals surface area (Å²) in [5.41, 5.74) is 2.00. The summed E-state index contributed by atoms with van der Waals surface area (Å²) in [6.07, 6.45) is -0.290. The van der Waals surface area contributed by atoms with Gasteiger partial charge in [-0.25, -0.2) is 8.42 Å². The lowest BCUT2D eigenvalue weighted by molar-refractivity contribution is -0.134. The van der Waals surface area contributed by atoms with Crippen molar-refractivity contribution in [2.24, 2.45) is 5.92 Å². The molecule has 1 amide bonds. The zero-order chi connectivity index (χ0) is 31.1. The molecule has 1 heterocycles. The summed E-state index contributed by atoms with van der Waals surface area (Å²) in [4.78, 5) is 17.5. The van der Waals surface area contributed by atoms with Crippen LogP contribution in [0.15, 0.2) is 71.6 Å². The van der Waals surface area contributed by atoms with E-state index in [9.17, 15) is 18.3 Å². The van der Waals surface area contributed by atoms with Crippen LogP contribution in [-0.2, 0) is 27.8 Å². The number of carbonyl (C=O) groups is 1. The number of rotatable bonds is 11. The summed E-state index contributed by atoms with van der Waals surface area (Å²) < 4.78 is 45.8. The van der Waals surface area contributed by atoms with E-state index in [1.54, 1.807) is 42.3 Å². The second-order valence-corrected chi connectivity index (χ2v) is 12.7. The van der Waals surface area contributed by atoms with Gasteiger partial charge >= 0.3 is 0 Å². The van der Waals surface area contributed by atoms with Crippen LogP contribution in [0.5, 0.6) is 17.2 Å². The number of hydrogen-bond acceptors (Lipinski definition) is 8. The molecule has 0 radical (unpaired) electrons. The highest BCUT2D eigenvalue weighted by molar-refractivity contribution is 7.92. The molecule has 3 aromatic carbocycles. The molecule has 1 aliphatic heterocycles. The van der Waals surface area contributed by atoms with Gasteiger partial charge in [0.1, 0.15) is 23.4 Å². The van der Waals surface area contributed by atoms with E-state index < -0.39 is 10.0 Å². The lowest BCUT2D eigenvalue weighted by Gasteiger charge is -2.34. The van der Waals surface area contributed by atoms with Crippen molar-refractivity contribution in [3.63, 3.8) is 0 Å². The molecule has 0 aromatic heterocycles. The van der Waals surface area contributed by atoms with E-state index in [4.69, 9.17) is 14.2 Å². The zero-order valence-electron chi connectivity index (χ0n) is 25.3. The van der Waals surface area contributed by atoms with Gasteiger partial charge in [-0.3, -0.25) is 14.4 Å². The first kappa shape index (κ1) is 32.1. The summed E-state index contributed by atoms with van der Waals surface area (Å²) in [5, 5.41) is 9.92. The molecule has 3 atom stereocenters. The average molecular weight is 612 g/mol. The van der Waals surface area contributed by atoms with Crippen LogP contribution in [0.25, 0.3) is 0 Å². The van der Waals surface area contributed by atoms with E-state index >= 15 is 0 Å². The fourth-order valence-electron chi connectivity index (χ4n) is 5.09. The number of hydrogen-bond donors (Lipinski definition) is 2. The first-order valence-electron chi connectivity index (χ1n) is 14.2. The minimum absolute atomic E-state index is 0.00109. The molecule has 1 aliphatic rings. The van der Waals surface area contributed by atoms with Crippen LogP contribution in [0.3, 0.4) is 0 Å². The summed E-state index contributed by atoms with van der Waals surface area (Å²) in [6.45, 7) is 5.36. The number of methoxy groups -OCH3 is 2. The maximum atomic E-state index is 13.5. The predicted molar refractivity (Wildman–Crippen MR) is 165 cm³/mol. The molecule has 0 aliphatic carbocycles. The van der Waals surface area contributed by atoms with E-state index in [-0.39, 0.29) is 41.9 Å². The first-order chi connectivity index (χ1) is 20.5. The molecule has 0 spiro atoms. The van der Waals surface area contributed by atoms with E-state index in [1.807, 2.05) is 45.2 Å². The Morgan fingerprint density at radius 1 is 1.05 bits per heavy atom. The summed E-state index contributed by atoms with van der Waals surface area (Å²) in [5.74, 6) is 1.64. The summed E-state index contributed by atoms with van der Waals surface area (Å²) >= 11 is 0. The third kappa shape index (κ3) is 8.19. The van der Waals surface area contributed by atoms with Crippen molar-refractivity contribution in [1.82, 2.24) is 9.80 Å². The molecule has 0 saturated carbocycles. The van der Waals surface area contributed by atoms with Crippen molar-refractivity contribution in [2.45, 2.75) is 43.9 Å². The fraction of sp³-hybridized carbons (Fsp3) is 0.406. The Morgan fingerprint density at radius 3 is 2.28 bits per heavy atom. The number of anilines is 1. The average Bonchev–Trinajstić information content (AvgIpc) is 3.04. The Balaban J connectivity index is 1.60. The van der Waals surface area contributed by atoms with Crippen molar-refractivity contribution in [1.29, 1.82) is 0 Å². The van der Waals surface area contributed by atoms with Crippen molar-refractivity contribution in [3.05, 3.63) is 77.9 Å². The molecule has 0 saturated heterocycles. The van der Waals surface area contributed by atoms with Crippen molar-refractivity contribution in [2.75, 3.05) is 45.7 Å². The molecular weight excluding hydrogens is 570 g/mol. The Kier molecular flexibility index (Phi) is 10.5. The van der Waals surface area contributed by atoms with Crippen LogP contribution >= 0.6 is 0 Å². The number of sulfonamides is 1. The van der Waals surface area contributed by atoms with Crippen LogP contribution < -0.4 is 18.9 Å². The summed E-state index contributed by atoms with van der Waals surface area (Å²) in [7, 11) is 1.28. The van der Waals surface area contributed by atoms with Gasteiger partial charge in [-0.15, -0.1) is 0 Å². The predicted octanol–water partition coefficient (Wildman–Crippen LogP) is 3.79. The number of fused-ring (bicyclic) bond motifs is 1. The molecule has 0 fully saturated rings. The molecular formula is C32H41N3O7S. The highest BCUT2D eigenvalue weighted by Gasteiger charge is 2.31. The lowest BCUT2D eigenvalue weighted by Crippen LogP contribution is -2.47. The number of benzene rings is 3. The second kappa shape index (κ2) is 14.1. The topological polar surface area (TPSA) is 118 Å². The van der Waals surface area contributed by atoms with Gasteiger partial charge < -0.3 is 24.2 Å². The Hall–Kier alpha value is -3.80. The van der Waals surface area contributed by atoms with E-state index in [1.165, 1.54) is 19.2 Å². The van der Waals surface area contributed by atoms with E-state index in [0.29, 0.717) is 42.4 Å². The van der Waals surface area contributed by atoms with Crippen molar-refractivity contribution >= 4 is 21.6 Å². The Morgan fingerprint density at radius 2 is 1.67 bits per heavy atom. The van der Waals surface area contributed by atoms with Crippen LogP contribution in [0.2, 0.25) is 0 Å². The van der Waals surface area contributed by atoms with Gasteiger partial charge in [-0.05, 0) is 74.1 Å². The number of nitrogens with zero attached hydrogens (tertiary/aromatic N) is 2. The fourth-order valence-corrected chi connectivity index (χ4v) is 6.14. The molecule has 0 bridgehead atoms. The lowest BCUT2D eigenvalue weighted by atomic mass is 10.0. The van der Waals surface area contributed by atoms with Gasteiger partial charge in [0.2, 0.25) is 5.91 Å². The number of nitrogens with one attached hydrogen (secondary N) is 1. The quantitative estimate of drug-likeness (QED) is 0.337.